The highest BCUT2D eigenvalue weighted by atomic mass is 16.3. The van der Waals surface area contributed by atoms with Crippen LogP contribution in [-0.2, 0) is 10.2 Å². The van der Waals surface area contributed by atoms with Crippen LogP contribution in [0.4, 0.5) is 0 Å². The molecule has 2 rings (SSSR count). The van der Waals surface area contributed by atoms with Crippen molar-refractivity contribution in [1.82, 2.24) is 9.80 Å². The number of aliphatic hydroxyl groups excluding tert-OH is 1. The first kappa shape index (κ1) is 17.0. The van der Waals surface area contributed by atoms with Crippen molar-refractivity contribution in [3.8, 4) is 0 Å². The third-order valence-corrected chi connectivity index (χ3v) is 4.63. The first-order chi connectivity index (χ1) is 10.4. The molecule has 1 aromatic rings. The molecule has 4 heteroatoms. The Hall–Kier alpha value is -1.39. The molecule has 0 radical (unpaired) electrons. The van der Waals surface area contributed by atoms with E-state index >= 15 is 0 Å². The van der Waals surface area contributed by atoms with Crippen LogP contribution in [0.5, 0.6) is 0 Å². The van der Waals surface area contributed by atoms with E-state index in [1.165, 1.54) is 0 Å². The smallest absolute Gasteiger partial charge is 0.232 e. The second kappa shape index (κ2) is 7.25. The summed E-state index contributed by atoms with van der Waals surface area (Å²) < 4.78 is 0. The third kappa shape index (κ3) is 3.87. The molecule has 0 aliphatic carbocycles. The zero-order valence-corrected chi connectivity index (χ0v) is 14.0. The molecule has 0 spiro atoms. The SMILES string of the molecule is CC[C@@H](O)CN1CCN(C(=O)C(C)(C)c2ccccc2)CC1. The summed E-state index contributed by atoms with van der Waals surface area (Å²) in [4.78, 5) is 17.1. The molecule has 0 unspecified atom stereocenters. The number of hydrogen-bond donors (Lipinski definition) is 1. The highest BCUT2D eigenvalue weighted by Gasteiger charge is 2.35. The van der Waals surface area contributed by atoms with Crippen molar-refractivity contribution in [3.63, 3.8) is 0 Å². The van der Waals surface area contributed by atoms with E-state index in [1.54, 1.807) is 0 Å². The van der Waals surface area contributed by atoms with Crippen LogP contribution in [-0.4, -0.2) is 59.6 Å². The number of nitrogens with zero attached hydrogens (tertiary/aromatic N) is 2. The molecule has 0 aromatic heterocycles. The maximum Gasteiger partial charge on any atom is 0.232 e. The monoisotopic (exact) mass is 304 g/mol. The Bertz CT molecular complexity index is 479. The average molecular weight is 304 g/mol. The summed E-state index contributed by atoms with van der Waals surface area (Å²) >= 11 is 0. The lowest BCUT2D eigenvalue weighted by Crippen LogP contribution is -2.54. The quantitative estimate of drug-likeness (QED) is 0.903. The van der Waals surface area contributed by atoms with Gasteiger partial charge in [0.05, 0.1) is 11.5 Å². The minimum absolute atomic E-state index is 0.189. The predicted octanol–water partition coefficient (Wildman–Crippen LogP) is 1.88. The van der Waals surface area contributed by atoms with Crippen LogP contribution in [0.1, 0.15) is 32.8 Å². The summed E-state index contributed by atoms with van der Waals surface area (Å²) in [7, 11) is 0. The van der Waals surface area contributed by atoms with Crippen molar-refractivity contribution in [2.75, 3.05) is 32.7 Å². The van der Waals surface area contributed by atoms with Crippen LogP contribution in [0.3, 0.4) is 0 Å². The number of β-amino-alcohol motifs (C(OH)–C–C–N with tert-alkyl or cyclic N) is 1. The Morgan fingerprint density at radius 1 is 1.18 bits per heavy atom. The Balaban J connectivity index is 1.95. The summed E-state index contributed by atoms with van der Waals surface area (Å²) in [5, 5.41) is 9.74. The molecule has 1 aliphatic heterocycles. The van der Waals surface area contributed by atoms with Crippen LogP contribution < -0.4 is 0 Å². The lowest BCUT2D eigenvalue weighted by atomic mass is 9.83. The van der Waals surface area contributed by atoms with Gasteiger partial charge in [-0.15, -0.1) is 0 Å². The van der Waals surface area contributed by atoms with E-state index in [1.807, 2.05) is 56.0 Å². The molecule has 0 saturated carbocycles. The normalized spacial score (nSPS) is 18.3. The number of piperazine rings is 1. The van der Waals surface area contributed by atoms with Crippen LogP contribution in [0, 0.1) is 0 Å². The van der Waals surface area contributed by atoms with Gasteiger partial charge in [0.1, 0.15) is 0 Å². The lowest BCUT2D eigenvalue weighted by Gasteiger charge is -2.39. The van der Waals surface area contributed by atoms with E-state index in [-0.39, 0.29) is 12.0 Å². The van der Waals surface area contributed by atoms with Gasteiger partial charge in [-0.25, -0.2) is 0 Å². The van der Waals surface area contributed by atoms with Crippen LogP contribution >= 0.6 is 0 Å². The molecule has 22 heavy (non-hydrogen) atoms. The van der Waals surface area contributed by atoms with Crippen molar-refractivity contribution in [3.05, 3.63) is 35.9 Å². The van der Waals surface area contributed by atoms with Gasteiger partial charge in [0.25, 0.3) is 0 Å². The summed E-state index contributed by atoms with van der Waals surface area (Å²) in [5.74, 6) is 0.189. The molecule has 1 saturated heterocycles. The molecule has 1 heterocycles. The maximum atomic E-state index is 12.9. The van der Waals surface area contributed by atoms with Crippen molar-refractivity contribution >= 4 is 5.91 Å². The topological polar surface area (TPSA) is 43.8 Å². The van der Waals surface area contributed by atoms with Gasteiger partial charge >= 0.3 is 0 Å². The van der Waals surface area contributed by atoms with E-state index in [0.717, 1.165) is 38.2 Å². The van der Waals surface area contributed by atoms with Crippen molar-refractivity contribution in [2.24, 2.45) is 0 Å². The van der Waals surface area contributed by atoms with E-state index in [9.17, 15) is 9.90 Å². The fraction of sp³-hybridized carbons (Fsp3) is 0.611. The van der Waals surface area contributed by atoms with E-state index in [4.69, 9.17) is 0 Å². The van der Waals surface area contributed by atoms with Gasteiger partial charge in [-0.05, 0) is 25.8 Å². The fourth-order valence-corrected chi connectivity index (χ4v) is 2.93. The van der Waals surface area contributed by atoms with Gasteiger partial charge in [-0.3, -0.25) is 9.69 Å². The van der Waals surface area contributed by atoms with Crippen LogP contribution in [0.2, 0.25) is 0 Å². The first-order valence-corrected chi connectivity index (χ1v) is 8.20. The number of amides is 1. The lowest BCUT2D eigenvalue weighted by molar-refractivity contribution is -0.138. The number of aliphatic hydroxyl groups is 1. The molecule has 1 aliphatic rings. The third-order valence-electron chi connectivity index (χ3n) is 4.63. The Kier molecular flexibility index (Phi) is 5.59. The van der Waals surface area contributed by atoms with Gasteiger partial charge in [0.15, 0.2) is 0 Å². The van der Waals surface area contributed by atoms with Gasteiger partial charge < -0.3 is 10.0 Å². The van der Waals surface area contributed by atoms with Crippen LogP contribution in [0.15, 0.2) is 30.3 Å². The molecular weight excluding hydrogens is 276 g/mol. The van der Waals surface area contributed by atoms with Crippen molar-refractivity contribution in [1.29, 1.82) is 0 Å². The maximum absolute atomic E-state index is 12.9. The minimum atomic E-state index is -0.494. The number of carbonyl (C=O) groups excluding carboxylic acids is 1. The number of benzene rings is 1. The van der Waals surface area contributed by atoms with Gasteiger partial charge in [0, 0.05) is 32.7 Å². The van der Waals surface area contributed by atoms with E-state index < -0.39 is 5.41 Å². The largest absolute Gasteiger partial charge is 0.392 e. The number of carbonyl (C=O) groups is 1. The first-order valence-electron chi connectivity index (χ1n) is 8.20. The number of hydrogen-bond acceptors (Lipinski definition) is 3. The molecular formula is C18H28N2O2. The molecule has 4 nitrogen and oxygen atoms in total. The molecule has 1 N–H and O–H groups in total. The second-order valence-corrected chi connectivity index (χ2v) is 6.65. The van der Waals surface area contributed by atoms with Crippen LogP contribution in [0.25, 0.3) is 0 Å². The summed E-state index contributed by atoms with van der Waals surface area (Å²) in [6.07, 6.45) is 0.517. The summed E-state index contributed by atoms with van der Waals surface area (Å²) in [6.45, 7) is 9.86. The Labute approximate surface area is 133 Å². The molecule has 1 atom stereocenters. The zero-order valence-electron chi connectivity index (χ0n) is 14.0. The highest BCUT2D eigenvalue weighted by molar-refractivity contribution is 5.87. The van der Waals surface area contributed by atoms with Crippen molar-refractivity contribution in [2.45, 2.75) is 38.7 Å². The second-order valence-electron chi connectivity index (χ2n) is 6.65. The fourth-order valence-electron chi connectivity index (χ4n) is 2.93. The van der Waals surface area contributed by atoms with Gasteiger partial charge in [-0.2, -0.15) is 0 Å². The van der Waals surface area contributed by atoms with E-state index in [2.05, 4.69) is 4.90 Å². The Morgan fingerprint density at radius 3 is 2.32 bits per heavy atom. The molecule has 122 valence electrons. The molecule has 0 bridgehead atoms. The van der Waals surface area contributed by atoms with Gasteiger partial charge in [0.2, 0.25) is 5.91 Å². The number of rotatable bonds is 5. The summed E-state index contributed by atoms with van der Waals surface area (Å²) in [5.41, 5.74) is 0.565. The zero-order chi connectivity index (χ0) is 16.2. The highest BCUT2D eigenvalue weighted by Crippen LogP contribution is 2.26. The Morgan fingerprint density at radius 2 is 1.77 bits per heavy atom. The van der Waals surface area contributed by atoms with E-state index in [0.29, 0.717) is 6.54 Å². The average Bonchev–Trinajstić information content (AvgIpc) is 2.55. The van der Waals surface area contributed by atoms with Gasteiger partial charge in [-0.1, -0.05) is 37.3 Å². The van der Waals surface area contributed by atoms with Crippen molar-refractivity contribution < 1.29 is 9.90 Å². The molecule has 1 fully saturated rings. The minimum Gasteiger partial charge on any atom is -0.392 e. The molecule has 1 aromatic carbocycles. The predicted molar refractivity (Wildman–Crippen MR) is 88.8 cm³/mol. The standard InChI is InChI=1S/C18H28N2O2/c1-4-16(21)14-19-10-12-20(13-11-19)17(22)18(2,3)15-8-6-5-7-9-15/h5-9,16,21H,4,10-14H2,1-3H3/t16-/m1/s1. The molecule has 1 amide bonds. The summed E-state index contributed by atoms with van der Waals surface area (Å²) in [6, 6.07) is 9.97.